The first-order valence-electron chi connectivity index (χ1n) is 4.54. The summed E-state index contributed by atoms with van der Waals surface area (Å²) in [6, 6.07) is 0. The topological polar surface area (TPSA) is 0 Å². The predicted octanol–water partition coefficient (Wildman–Crippen LogP) is 3.14. The van der Waals surface area contributed by atoms with E-state index in [0.717, 1.165) is 11.8 Å². The first-order chi connectivity index (χ1) is 4.90. The monoisotopic (exact) mass is 136 g/mol. The van der Waals surface area contributed by atoms with Gasteiger partial charge >= 0.3 is 0 Å². The second kappa shape index (κ2) is 2.41. The van der Waals surface area contributed by atoms with Gasteiger partial charge in [0.25, 0.3) is 0 Å². The second-order valence-electron chi connectivity index (χ2n) is 3.81. The lowest BCUT2D eigenvalue weighted by Crippen LogP contribution is -1.95. The van der Waals surface area contributed by atoms with E-state index < -0.39 is 0 Å². The van der Waals surface area contributed by atoms with Crippen LogP contribution in [-0.4, -0.2) is 0 Å². The third kappa shape index (κ3) is 0.902. The summed E-state index contributed by atoms with van der Waals surface area (Å²) in [4.78, 5) is 0. The lowest BCUT2D eigenvalue weighted by atomic mass is 10.0. The Morgan fingerprint density at radius 2 is 1.80 bits per heavy atom. The Bertz CT molecular complexity index is 141. The Balaban J connectivity index is 2.07. The molecule has 0 bridgehead atoms. The van der Waals surface area contributed by atoms with E-state index in [0.29, 0.717) is 0 Å². The van der Waals surface area contributed by atoms with Crippen LogP contribution in [0, 0.1) is 11.8 Å². The van der Waals surface area contributed by atoms with Gasteiger partial charge in [0.15, 0.2) is 0 Å². The molecule has 0 saturated heterocycles. The van der Waals surface area contributed by atoms with Crippen LogP contribution in [0.15, 0.2) is 11.6 Å². The highest BCUT2D eigenvalue weighted by atomic mass is 14.4. The normalized spacial score (nSPS) is 38.3. The molecule has 0 aromatic heterocycles. The number of rotatable bonds is 0. The Morgan fingerprint density at radius 1 is 1.20 bits per heavy atom. The zero-order valence-corrected chi connectivity index (χ0v) is 6.77. The van der Waals surface area contributed by atoms with Crippen molar-refractivity contribution in [2.45, 2.75) is 39.0 Å². The van der Waals surface area contributed by atoms with Gasteiger partial charge in [0.05, 0.1) is 0 Å². The molecule has 0 spiro atoms. The van der Waals surface area contributed by atoms with Gasteiger partial charge in [0, 0.05) is 0 Å². The Labute approximate surface area is 63.3 Å². The minimum absolute atomic E-state index is 1.09. The van der Waals surface area contributed by atoms with Crippen molar-refractivity contribution < 1.29 is 0 Å². The van der Waals surface area contributed by atoms with E-state index in [2.05, 4.69) is 13.0 Å². The van der Waals surface area contributed by atoms with E-state index in [4.69, 9.17) is 0 Å². The fourth-order valence-electron chi connectivity index (χ4n) is 2.64. The van der Waals surface area contributed by atoms with E-state index in [1.54, 1.807) is 5.57 Å². The smallest absolute Gasteiger partial charge is 0.0289 e. The molecule has 0 N–H and O–H groups in total. The zero-order chi connectivity index (χ0) is 6.97. The number of allylic oxidation sites excluding steroid dienone is 2. The van der Waals surface area contributed by atoms with Crippen molar-refractivity contribution in [2.24, 2.45) is 11.8 Å². The molecule has 10 heavy (non-hydrogen) atoms. The molecule has 0 nitrogen and oxygen atoms in total. The van der Waals surface area contributed by atoms with Gasteiger partial charge in [-0.3, -0.25) is 0 Å². The van der Waals surface area contributed by atoms with E-state index >= 15 is 0 Å². The number of fused-ring (bicyclic) bond motifs is 1. The van der Waals surface area contributed by atoms with Crippen molar-refractivity contribution in [2.75, 3.05) is 0 Å². The van der Waals surface area contributed by atoms with Crippen LogP contribution in [0.5, 0.6) is 0 Å². The highest BCUT2D eigenvalue weighted by Crippen LogP contribution is 2.46. The maximum atomic E-state index is 2.33. The van der Waals surface area contributed by atoms with Crippen LogP contribution in [0.3, 0.4) is 0 Å². The highest BCUT2D eigenvalue weighted by molar-refractivity contribution is 5.11. The summed E-state index contributed by atoms with van der Waals surface area (Å²) in [6.07, 6.45) is 9.73. The van der Waals surface area contributed by atoms with Crippen molar-refractivity contribution in [3.8, 4) is 0 Å². The summed E-state index contributed by atoms with van der Waals surface area (Å²) < 4.78 is 0. The molecule has 2 rings (SSSR count). The van der Waals surface area contributed by atoms with Crippen molar-refractivity contribution in [3.05, 3.63) is 11.6 Å². The number of hydrogen-bond donors (Lipinski definition) is 0. The predicted molar refractivity (Wildman–Crippen MR) is 43.8 cm³/mol. The van der Waals surface area contributed by atoms with Crippen LogP contribution in [0.1, 0.15) is 39.0 Å². The fraction of sp³-hybridized carbons (Fsp3) is 0.800. The summed E-state index contributed by atoms with van der Waals surface area (Å²) >= 11 is 0. The average Bonchev–Trinajstić information content (AvgIpc) is 2.42. The Hall–Kier alpha value is -0.260. The summed E-state index contributed by atoms with van der Waals surface area (Å²) in [5, 5.41) is 0. The molecule has 0 heteroatoms. The fourth-order valence-corrected chi connectivity index (χ4v) is 2.64. The molecular weight excluding hydrogens is 120 g/mol. The van der Waals surface area contributed by atoms with Gasteiger partial charge in [-0.2, -0.15) is 0 Å². The quantitative estimate of drug-likeness (QED) is 0.449. The summed E-state index contributed by atoms with van der Waals surface area (Å²) in [7, 11) is 0. The second-order valence-corrected chi connectivity index (χ2v) is 3.81. The lowest BCUT2D eigenvalue weighted by molar-refractivity contribution is 0.457. The van der Waals surface area contributed by atoms with Gasteiger partial charge in [-0.15, -0.1) is 0 Å². The van der Waals surface area contributed by atoms with Crippen LogP contribution >= 0.6 is 0 Å². The van der Waals surface area contributed by atoms with Gasteiger partial charge in [-0.25, -0.2) is 0 Å². The molecule has 56 valence electrons. The summed E-state index contributed by atoms with van der Waals surface area (Å²) in [6.45, 7) is 2.19. The lowest BCUT2D eigenvalue weighted by Gasteiger charge is -2.04. The Morgan fingerprint density at radius 3 is 2.30 bits per heavy atom. The zero-order valence-electron chi connectivity index (χ0n) is 6.77. The van der Waals surface area contributed by atoms with Crippen LogP contribution in [0.2, 0.25) is 0 Å². The van der Waals surface area contributed by atoms with Gasteiger partial charge in [0.2, 0.25) is 0 Å². The molecule has 0 radical (unpaired) electrons. The van der Waals surface area contributed by atoms with E-state index in [9.17, 15) is 0 Å². The first-order valence-corrected chi connectivity index (χ1v) is 4.54. The molecule has 0 heterocycles. The third-order valence-electron chi connectivity index (χ3n) is 3.27. The van der Waals surface area contributed by atoms with Gasteiger partial charge < -0.3 is 0 Å². The number of hydrogen-bond acceptors (Lipinski definition) is 0. The highest BCUT2D eigenvalue weighted by Gasteiger charge is 2.33. The standard InChI is InChI=1S/C10H16/c1-2-8-6-9-4-3-5-10(9)7-8/h2,9-10H,3-7H2,1H3/t9-,10-/m1/s1. The molecule has 0 amide bonds. The van der Waals surface area contributed by atoms with E-state index in [1.807, 2.05) is 0 Å². The molecule has 0 aromatic rings. The maximum absolute atomic E-state index is 2.33. The first kappa shape index (κ1) is 6.45. The van der Waals surface area contributed by atoms with Crippen LogP contribution in [0.4, 0.5) is 0 Å². The SMILES string of the molecule is CC=C1C[C@H]2CCC[C@@H]2C1. The molecule has 0 unspecified atom stereocenters. The summed E-state index contributed by atoms with van der Waals surface area (Å²) in [5.41, 5.74) is 1.73. The van der Waals surface area contributed by atoms with Crippen molar-refractivity contribution in [1.82, 2.24) is 0 Å². The maximum Gasteiger partial charge on any atom is -0.0289 e. The average molecular weight is 136 g/mol. The molecule has 2 atom stereocenters. The third-order valence-corrected chi connectivity index (χ3v) is 3.27. The van der Waals surface area contributed by atoms with Gasteiger partial charge in [-0.05, 0) is 44.4 Å². The molecule has 0 aromatic carbocycles. The molecule has 2 aliphatic rings. The van der Waals surface area contributed by atoms with Crippen LogP contribution in [0.25, 0.3) is 0 Å². The van der Waals surface area contributed by atoms with Crippen molar-refractivity contribution in [3.63, 3.8) is 0 Å². The molecule has 2 saturated carbocycles. The van der Waals surface area contributed by atoms with Crippen LogP contribution in [-0.2, 0) is 0 Å². The van der Waals surface area contributed by atoms with Gasteiger partial charge in [0.1, 0.15) is 0 Å². The van der Waals surface area contributed by atoms with Crippen LogP contribution < -0.4 is 0 Å². The van der Waals surface area contributed by atoms with E-state index in [-0.39, 0.29) is 0 Å². The molecule has 0 aliphatic heterocycles. The minimum Gasteiger partial charge on any atom is -0.0884 e. The molecule has 2 aliphatic carbocycles. The van der Waals surface area contributed by atoms with Crippen molar-refractivity contribution >= 4 is 0 Å². The van der Waals surface area contributed by atoms with Gasteiger partial charge in [-0.1, -0.05) is 18.1 Å². The van der Waals surface area contributed by atoms with Crippen molar-refractivity contribution in [1.29, 1.82) is 0 Å². The van der Waals surface area contributed by atoms with E-state index in [1.165, 1.54) is 32.1 Å². The largest absolute Gasteiger partial charge is 0.0884 e. The minimum atomic E-state index is 1.09. The molecular formula is C10H16. The molecule has 2 fully saturated rings. The summed E-state index contributed by atoms with van der Waals surface area (Å²) in [5.74, 6) is 2.18. The Kier molecular flexibility index (Phi) is 1.55.